The fourth-order valence-corrected chi connectivity index (χ4v) is 8.79. The highest BCUT2D eigenvalue weighted by atomic mass is 16.5. The molecule has 1 aromatic rings. The molecule has 3 saturated carbocycles. The summed E-state index contributed by atoms with van der Waals surface area (Å²) in [5.41, 5.74) is 7.59. The van der Waals surface area contributed by atoms with Crippen LogP contribution in [0.3, 0.4) is 0 Å². The Morgan fingerprint density at radius 3 is 2.62 bits per heavy atom. The molecule has 0 radical (unpaired) electrons. The van der Waals surface area contributed by atoms with Gasteiger partial charge in [-0.25, -0.2) is 0 Å². The molecule has 0 aromatic heterocycles. The van der Waals surface area contributed by atoms with Gasteiger partial charge in [-0.1, -0.05) is 74.3 Å². The van der Waals surface area contributed by atoms with Crippen LogP contribution in [0.1, 0.15) is 52.0 Å². The Labute approximate surface area is 217 Å². The number of allylic oxidation sites excluding steroid dienone is 1. The van der Waals surface area contributed by atoms with Crippen molar-refractivity contribution in [2.45, 2.75) is 53.1 Å². The number of carbonyl (C=O) groups is 3. The molecular formula is C29H35N3O5. The number of rotatable bonds is 9. The highest BCUT2D eigenvalue weighted by Crippen LogP contribution is 2.82. The van der Waals surface area contributed by atoms with Gasteiger partial charge in [0.1, 0.15) is 24.9 Å². The van der Waals surface area contributed by atoms with Crippen LogP contribution in [0.2, 0.25) is 0 Å². The summed E-state index contributed by atoms with van der Waals surface area (Å²) < 4.78 is 11.9. The molecule has 196 valence electrons. The number of azide groups is 1. The maximum absolute atomic E-state index is 14.6. The smallest absolute Gasteiger partial charge is 0.318 e. The van der Waals surface area contributed by atoms with Gasteiger partial charge in [0, 0.05) is 10.3 Å². The van der Waals surface area contributed by atoms with Gasteiger partial charge in [-0.2, -0.15) is 0 Å². The zero-order valence-electron chi connectivity index (χ0n) is 21.8. The summed E-state index contributed by atoms with van der Waals surface area (Å²) in [4.78, 5) is 43.1. The van der Waals surface area contributed by atoms with Gasteiger partial charge >= 0.3 is 11.9 Å². The van der Waals surface area contributed by atoms with E-state index in [2.05, 4.69) is 36.9 Å². The molecule has 0 heterocycles. The lowest BCUT2D eigenvalue weighted by Crippen LogP contribution is -2.64. The maximum Gasteiger partial charge on any atom is 0.318 e. The SMILES string of the molecule is CC(C)C1=C[C@@H]2C[C@@]3(C=O)[C@H]4CC[C@H](C)[C@@H]4C[C@]2(COC(=O)CN=[N+]=[N-])[C@@]13C(=O)OCc1ccccc1. The van der Waals surface area contributed by atoms with E-state index in [1.165, 1.54) is 0 Å². The highest BCUT2D eigenvalue weighted by Gasteiger charge is 2.84. The molecule has 0 aliphatic heterocycles. The quantitative estimate of drug-likeness (QED) is 0.111. The largest absolute Gasteiger partial charge is 0.465 e. The zero-order valence-corrected chi connectivity index (χ0v) is 21.8. The van der Waals surface area contributed by atoms with Crippen LogP contribution < -0.4 is 0 Å². The molecule has 4 bridgehead atoms. The van der Waals surface area contributed by atoms with Crippen molar-refractivity contribution in [3.63, 3.8) is 0 Å². The first-order valence-corrected chi connectivity index (χ1v) is 13.3. The van der Waals surface area contributed by atoms with Gasteiger partial charge in [-0.3, -0.25) is 9.59 Å². The molecule has 0 amide bonds. The number of carbonyl (C=O) groups excluding carboxylic acids is 3. The molecule has 4 aliphatic rings. The Balaban J connectivity index is 1.63. The van der Waals surface area contributed by atoms with Crippen molar-refractivity contribution in [2.75, 3.05) is 13.2 Å². The van der Waals surface area contributed by atoms with E-state index in [9.17, 15) is 14.4 Å². The predicted octanol–water partition coefficient (Wildman–Crippen LogP) is 5.42. The predicted molar refractivity (Wildman–Crippen MR) is 136 cm³/mol. The van der Waals surface area contributed by atoms with Crippen molar-refractivity contribution in [3.05, 3.63) is 58.0 Å². The van der Waals surface area contributed by atoms with E-state index in [1.54, 1.807) is 0 Å². The monoisotopic (exact) mass is 505 g/mol. The van der Waals surface area contributed by atoms with Crippen molar-refractivity contribution >= 4 is 18.2 Å². The van der Waals surface area contributed by atoms with Gasteiger partial charge in [0.2, 0.25) is 0 Å². The van der Waals surface area contributed by atoms with Crippen LogP contribution in [0, 0.1) is 45.8 Å². The second-order valence-corrected chi connectivity index (χ2v) is 11.8. The third kappa shape index (κ3) is 3.41. The van der Waals surface area contributed by atoms with Gasteiger partial charge in [-0.05, 0) is 59.9 Å². The maximum atomic E-state index is 14.6. The second-order valence-electron chi connectivity index (χ2n) is 11.8. The number of esters is 2. The number of ether oxygens (including phenoxy) is 2. The lowest BCUT2D eigenvalue weighted by Gasteiger charge is -2.58. The van der Waals surface area contributed by atoms with Crippen molar-refractivity contribution in [2.24, 2.45) is 50.9 Å². The Hall–Kier alpha value is -3.12. The Bertz CT molecular complexity index is 1180. The first kappa shape index (κ1) is 25.5. The first-order valence-electron chi connectivity index (χ1n) is 13.3. The van der Waals surface area contributed by atoms with Crippen LogP contribution in [-0.2, 0) is 30.5 Å². The van der Waals surface area contributed by atoms with Gasteiger partial charge < -0.3 is 14.3 Å². The fourth-order valence-electron chi connectivity index (χ4n) is 8.79. The number of hydrogen-bond donors (Lipinski definition) is 0. The van der Waals surface area contributed by atoms with Crippen LogP contribution in [0.4, 0.5) is 0 Å². The topological polar surface area (TPSA) is 118 Å². The summed E-state index contributed by atoms with van der Waals surface area (Å²) in [6, 6.07) is 9.54. The van der Waals surface area contributed by atoms with Gasteiger partial charge in [0.05, 0.1) is 12.0 Å². The Morgan fingerprint density at radius 1 is 1.19 bits per heavy atom. The minimum atomic E-state index is -1.20. The summed E-state index contributed by atoms with van der Waals surface area (Å²) in [7, 11) is 0. The average molecular weight is 506 g/mol. The Morgan fingerprint density at radius 2 is 1.95 bits per heavy atom. The molecule has 3 fully saturated rings. The number of benzene rings is 1. The van der Waals surface area contributed by atoms with Crippen molar-refractivity contribution in [3.8, 4) is 0 Å². The number of hydrogen-bond acceptors (Lipinski definition) is 6. The summed E-state index contributed by atoms with van der Waals surface area (Å²) in [6.07, 6.45) is 6.43. The standard InChI is InChI=1S/C29H35N3O5/c1-18(2)24-11-21-12-27(16-33)23-10-9-19(3)22(23)13-28(21,17-37-25(34)14-31-32-30)29(24,27)26(35)36-15-20-7-5-4-6-8-20/h4-8,11,16,18-19,21-23H,9-10,12-15,17H2,1-3H3/t19-,21+,22-,23-,27+,28+,29+/m0/s1. The van der Waals surface area contributed by atoms with Gasteiger partial charge in [-0.15, -0.1) is 0 Å². The van der Waals surface area contributed by atoms with Gasteiger partial charge in [0.25, 0.3) is 0 Å². The summed E-state index contributed by atoms with van der Waals surface area (Å²) in [6.45, 7) is 6.05. The molecule has 1 aromatic carbocycles. The molecule has 0 saturated heterocycles. The lowest BCUT2D eigenvalue weighted by molar-refractivity contribution is -0.194. The van der Waals surface area contributed by atoms with E-state index >= 15 is 0 Å². The highest BCUT2D eigenvalue weighted by molar-refractivity contribution is 5.91. The van der Waals surface area contributed by atoms with Crippen LogP contribution in [-0.4, -0.2) is 31.4 Å². The number of fused-ring (bicyclic) bond motifs is 2. The summed E-state index contributed by atoms with van der Waals surface area (Å²) >= 11 is 0. The summed E-state index contributed by atoms with van der Waals surface area (Å²) in [5, 5.41) is 3.35. The molecule has 4 aliphatic carbocycles. The van der Waals surface area contributed by atoms with Crippen molar-refractivity contribution in [1.29, 1.82) is 0 Å². The molecule has 8 nitrogen and oxygen atoms in total. The lowest BCUT2D eigenvalue weighted by atomic mass is 9.43. The van der Waals surface area contributed by atoms with Crippen LogP contribution >= 0.6 is 0 Å². The van der Waals surface area contributed by atoms with E-state index in [4.69, 9.17) is 15.0 Å². The minimum Gasteiger partial charge on any atom is -0.465 e. The molecular weight excluding hydrogens is 470 g/mol. The van der Waals surface area contributed by atoms with Crippen LogP contribution in [0.5, 0.6) is 0 Å². The van der Waals surface area contributed by atoms with Crippen LogP contribution in [0.25, 0.3) is 10.4 Å². The third-order valence-corrected chi connectivity index (χ3v) is 10.1. The van der Waals surface area contributed by atoms with E-state index < -0.39 is 28.8 Å². The molecule has 0 N–H and O–H groups in total. The fraction of sp³-hybridized carbons (Fsp3) is 0.621. The molecule has 37 heavy (non-hydrogen) atoms. The molecule has 0 unspecified atom stereocenters. The van der Waals surface area contributed by atoms with Crippen molar-refractivity contribution in [1.82, 2.24) is 0 Å². The van der Waals surface area contributed by atoms with E-state index in [0.29, 0.717) is 18.8 Å². The third-order valence-electron chi connectivity index (χ3n) is 10.1. The van der Waals surface area contributed by atoms with E-state index in [1.807, 2.05) is 30.3 Å². The molecule has 7 atom stereocenters. The van der Waals surface area contributed by atoms with E-state index in [-0.39, 0.29) is 42.9 Å². The Kier molecular flexibility index (Phi) is 6.43. The number of aldehydes is 1. The average Bonchev–Trinajstić information content (AvgIpc) is 3.47. The first-order chi connectivity index (χ1) is 17.8. The normalized spacial score (nSPS) is 36.9. The minimum absolute atomic E-state index is 0.00383. The number of nitrogens with zero attached hydrogens (tertiary/aromatic N) is 3. The van der Waals surface area contributed by atoms with E-state index in [0.717, 1.165) is 30.3 Å². The molecule has 5 rings (SSSR count). The molecule has 8 heteroatoms. The zero-order chi connectivity index (χ0) is 26.4. The molecule has 0 spiro atoms. The second kappa shape index (κ2) is 9.32. The summed E-state index contributed by atoms with van der Waals surface area (Å²) in [5.74, 6) is -0.305. The van der Waals surface area contributed by atoms with Gasteiger partial charge in [0.15, 0.2) is 0 Å². The van der Waals surface area contributed by atoms with Crippen LogP contribution in [0.15, 0.2) is 47.1 Å². The van der Waals surface area contributed by atoms with Crippen molar-refractivity contribution < 1.29 is 23.9 Å².